The van der Waals surface area contributed by atoms with Crippen molar-refractivity contribution in [2.24, 2.45) is 0 Å². The molecule has 0 atom stereocenters. The van der Waals surface area contributed by atoms with Crippen molar-refractivity contribution in [3.05, 3.63) is 89.5 Å². The maximum Gasteiger partial charge on any atom is 0.161 e. The summed E-state index contributed by atoms with van der Waals surface area (Å²) in [5.74, 6) is 1.21. The quantitative estimate of drug-likeness (QED) is 0.392. The van der Waals surface area contributed by atoms with Gasteiger partial charge in [0.05, 0.1) is 23.2 Å². The van der Waals surface area contributed by atoms with Gasteiger partial charge in [-0.15, -0.1) is 0 Å². The number of H-pyrrole nitrogens is 1. The van der Waals surface area contributed by atoms with Crippen LogP contribution >= 0.6 is 0 Å². The number of ether oxygens (including phenoxy) is 2. The van der Waals surface area contributed by atoms with Crippen LogP contribution in [0.3, 0.4) is 0 Å². The average Bonchev–Trinajstić information content (AvgIpc) is 3.22. The van der Waals surface area contributed by atoms with E-state index in [0.717, 1.165) is 16.6 Å². The second-order valence-corrected chi connectivity index (χ2v) is 6.79. The topological polar surface area (TPSA) is 70.9 Å². The van der Waals surface area contributed by atoms with E-state index in [4.69, 9.17) is 9.47 Å². The molecule has 5 nitrogen and oxygen atoms in total. The maximum absolute atomic E-state index is 13.9. The molecule has 0 saturated carbocycles. The number of nitrogens with one attached hydrogen (secondary N) is 1. The van der Waals surface area contributed by atoms with Gasteiger partial charge in [0.25, 0.3) is 0 Å². The molecule has 0 spiro atoms. The second-order valence-electron chi connectivity index (χ2n) is 6.79. The molecule has 1 heterocycles. The smallest absolute Gasteiger partial charge is 0.161 e. The van der Waals surface area contributed by atoms with Crippen LogP contribution in [0.1, 0.15) is 23.9 Å². The Labute approximate surface area is 179 Å². The van der Waals surface area contributed by atoms with E-state index in [-0.39, 0.29) is 12.4 Å². The zero-order chi connectivity index (χ0) is 21.6. The first kappa shape index (κ1) is 20.2. The Hall–Kier alpha value is -4.11. The lowest BCUT2D eigenvalue weighted by Crippen LogP contribution is -2.01. The molecule has 0 unspecified atom stereocenters. The maximum atomic E-state index is 13.9. The van der Waals surface area contributed by atoms with Crippen molar-refractivity contribution >= 4 is 22.7 Å². The minimum Gasteiger partial charge on any atom is -0.490 e. The molecule has 0 aliphatic carbocycles. The van der Waals surface area contributed by atoms with Crippen molar-refractivity contribution in [1.82, 2.24) is 9.97 Å². The Kier molecular flexibility index (Phi) is 5.95. The van der Waals surface area contributed by atoms with Crippen LogP contribution < -0.4 is 9.47 Å². The van der Waals surface area contributed by atoms with Gasteiger partial charge in [0.1, 0.15) is 24.3 Å². The number of benzene rings is 3. The summed E-state index contributed by atoms with van der Waals surface area (Å²) < 4.78 is 25.4. The molecule has 0 saturated heterocycles. The van der Waals surface area contributed by atoms with Gasteiger partial charge >= 0.3 is 0 Å². The number of para-hydroxylation sites is 2. The van der Waals surface area contributed by atoms with E-state index in [0.29, 0.717) is 35.1 Å². The van der Waals surface area contributed by atoms with E-state index in [1.54, 1.807) is 36.4 Å². The molecule has 0 bridgehead atoms. The molecular weight excluding hydrogens is 393 g/mol. The molecule has 0 aliphatic heterocycles. The van der Waals surface area contributed by atoms with Gasteiger partial charge in [-0.05, 0) is 48.9 Å². The fraction of sp³-hybridized carbons (Fsp3) is 0.120. The van der Waals surface area contributed by atoms with Crippen LogP contribution in [0, 0.1) is 17.1 Å². The number of hydrogen-bond donors (Lipinski definition) is 1. The number of imidazole rings is 1. The third-order valence-corrected chi connectivity index (χ3v) is 4.68. The number of hydrogen-bond acceptors (Lipinski definition) is 4. The summed E-state index contributed by atoms with van der Waals surface area (Å²) in [4.78, 5) is 7.66. The molecule has 4 aromatic rings. The molecule has 6 heteroatoms. The molecule has 154 valence electrons. The summed E-state index contributed by atoms with van der Waals surface area (Å²) in [5.41, 5.74) is 3.29. The summed E-state index contributed by atoms with van der Waals surface area (Å²) >= 11 is 0. The highest BCUT2D eigenvalue weighted by Crippen LogP contribution is 2.31. The monoisotopic (exact) mass is 413 g/mol. The molecular formula is C25H20FN3O2. The molecule has 3 aromatic carbocycles. The van der Waals surface area contributed by atoms with Crippen LogP contribution in [0.15, 0.2) is 66.7 Å². The number of allylic oxidation sites excluding steroid dienone is 1. The molecule has 0 radical (unpaired) electrons. The standard InChI is InChI=1S/C25H20FN3O2/c1-2-30-24-14-17(11-12-23(24)31-16-18-7-3-4-8-20(18)26)13-19(15-27)25-28-21-9-5-6-10-22(21)29-25/h3-14H,2,16H2,1H3,(H,28,29)/b19-13+. The van der Waals surface area contributed by atoms with Crippen molar-refractivity contribution in [2.75, 3.05) is 6.61 Å². The summed E-state index contributed by atoms with van der Waals surface area (Å²) in [6, 6.07) is 21.7. The van der Waals surface area contributed by atoms with Crippen LogP contribution in [-0.4, -0.2) is 16.6 Å². The van der Waals surface area contributed by atoms with E-state index in [1.165, 1.54) is 6.07 Å². The second kappa shape index (κ2) is 9.14. The number of rotatable bonds is 7. The minimum atomic E-state index is -0.315. The van der Waals surface area contributed by atoms with Crippen LogP contribution in [0.2, 0.25) is 0 Å². The van der Waals surface area contributed by atoms with Gasteiger partial charge in [-0.3, -0.25) is 0 Å². The highest BCUT2D eigenvalue weighted by Gasteiger charge is 2.11. The fourth-order valence-electron chi connectivity index (χ4n) is 3.17. The summed E-state index contributed by atoms with van der Waals surface area (Å²) in [6.45, 7) is 2.40. The lowest BCUT2D eigenvalue weighted by atomic mass is 10.1. The largest absolute Gasteiger partial charge is 0.490 e. The lowest BCUT2D eigenvalue weighted by molar-refractivity contribution is 0.266. The van der Waals surface area contributed by atoms with Crippen molar-refractivity contribution in [3.63, 3.8) is 0 Å². The molecule has 0 aliphatic rings. The van der Waals surface area contributed by atoms with E-state index in [1.807, 2.05) is 37.3 Å². The lowest BCUT2D eigenvalue weighted by Gasteiger charge is -2.13. The number of halogens is 1. The molecule has 4 rings (SSSR count). The number of fused-ring (bicyclic) bond motifs is 1. The Bertz CT molecular complexity index is 1250. The highest BCUT2D eigenvalue weighted by atomic mass is 19.1. The van der Waals surface area contributed by atoms with Crippen LogP contribution in [0.4, 0.5) is 4.39 Å². The first-order valence-electron chi connectivity index (χ1n) is 9.88. The molecule has 0 amide bonds. The molecule has 1 aromatic heterocycles. The highest BCUT2D eigenvalue weighted by molar-refractivity contribution is 5.90. The van der Waals surface area contributed by atoms with Gasteiger partial charge in [0.2, 0.25) is 0 Å². The van der Waals surface area contributed by atoms with Gasteiger partial charge in [-0.25, -0.2) is 9.37 Å². The summed E-state index contributed by atoms with van der Waals surface area (Å²) in [6.07, 6.45) is 1.74. The zero-order valence-corrected chi connectivity index (χ0v) is 16.9. The minimum absolute atomic E-state index is 0.0877. The third kappa shape index (κ3) is 4.57. The normalized spacial score (nSPS) is 11.3. The Morgan fingerprint density at radius 2 is 1.87 bits per heavy atom. The Morgan fingerprint density at radius 3 is 2.65 bits per heavy atom. The first-order valence-corrected chi connectivity index (χ1v) is 9.88. The van der Waals surface area contributed by atoms with Gasteiger partial charge in [0, 0.05) is 5.56 Å². The molecule has 31 heavy (non-hydrogen) atoms. The van der Waals surface area contributed by atoms with Gasteiger partial charge in [-0.1, -0.05) is 36.4 Å². The number of aromatic amines is 1. The van der Waals surface area contributed by atoms with Crippen LogP contribution in [0.5, 0.6) is 11.5 Å². The number of nitrogens with zero attached hydrogens (tertiary/aromatic N) is 2. The Morgan fingerprint density at radius 1 is 1.06 bits per heavy atom. The summed E-state index contributed by atoms with van der Waals surface area (Å²) in [7, 11) is 0. The van der Waals surface area contributed by atoms with Crippen molar-refractivity contribution in [2.45, 2.75) is 13.5 Å². The predicted molar refractivity (Wildman–Crippen MR) is 118 cm³/mol. The van der Waals surface area contributed by atoms with Crippen molar-refractivity contribution in [3.8, 4) is 17.6 Å². The Balaban J connectivity index is 1.61. The zero-order valence-electron chi connectivity index (χ0n) is 16.9. The molecule has 1 N–H and O–H groups in total. The summed E-state index contributed by atoms with van der Waals surface area (Å²) in [5, 5.41) is 9.66. The first-order chi connectivity index (χ1) is 15.2. The van der Waals surface area contributed by atoms with Gasteiger partial charge < -0.3 is 14.5 Å². The van der Waals surface area contributed by atoms with Crippen molar-refractivity contribution in [1.29, 1.82) is 5.26 Å². The van der Waals surface area contributed by atoms with E-state index < -0.39 is 0 Å². The van der Waals surface area contributed by atoms with E-state index in [2.05, 4.69) is 16.0 Å². The number of aromatic nitrogens is 2. The van der Waals surface area contributed by atoms with E-state index >= 15 is 0 Å². The van der Waals surface area contributed by atoms with Crippen molar-refractivity contribution < 1.29 is 13.9 Å². The molecule has 0 fully saturated rings. The third-order valence-electron chi connectivity index (χ3n) is 4.68. The SMILES string of the molecule is CCOc1cc(/C=C(\C#N)c2nc3ccccc3[nH]2)ccc1OCc1ccccc1F. The van der Waals surface area contributed by atoms with E-state index in [9.17, 15) is 9.65 Å². The average molecular weight is 413 g/mol. The predicted octanol–water partition coefficient (Wildman–Crippen LogP) is 5.74. The van der Waals surface area contributed by atoms with Gasteiger partial charge in [-0.2, -0.15) is 5.26 Å². The van der Waals surface area contributed by atoms with Gasteiger partial charge in [0.15, 0.2) is 11.5 Å². The number of nitriles is 1. The van der Waals surface area contributed by atoms with Crippen LogP contribution in [0.25, 0.3) is 22.7 Å². The van der Waals surface area contributed by atoms with Crippen LogP contribution in [-0.2, 0) is 6.61 Å². The fourth-order valence-corrected chi connectivity index (χ4v) is 3.17.